The predicted octanol–water partition coefficient (Wildman–Crippen LogP) is 4.14. The number of amides is 1. The fourth-order valence-corrected chi connectivity index (χ4v) is 2.78. The molecule has 3 N–H and O–H groups in total. The number of anilines is 1. The number of hydrogen-bond acceptors (Lipinski definition) is 2. The van der Waals surface area contributed by atoms with E-state index in [0.717, 1.165) is 10.0 Å². The summed E-state index contributed by atoms with van der Waals surface area (Å²) >= 11 is 3.34. The zero-order valence-electron chi connectivity index (χ0n) is 12.4. The predicted molar refractivity (Wildman–Crippen MR) is 90.4 cm³/mol. The van der Waals surface area contributed by atoms with Crippen molar-refractivity contribution in [3.63, 3.8) is 0 Å². The summed E-state index contributed by atoms with van der Waals surface area (Å²) in [6, 6.07) is 11.4. The number of hydrogen-bond donors (Lipinski definition) is 2. The third kappa shape index (κ3) is 3.64. The number of nitrogens with one attached hydrogen (secondary N) is 1. The van der Waals surface area contributed by atoms with E-state index in [4.69, 9.17) is 5.73 Å². The van der Waals surface area contributed by atoms with Gasteiger partial charge in [0, 0.05) is 10.2 Å². The minimum Gasteiger partial charge on any atom is -0.398 e. The lowest BCUT2D eigenvalue weighted by molar-refractivity contribution is 0.0940. The van der Waals surface area contributed by atoms with Gasteiger partial charge in [-0.2, -0.15) is 0 Å². The van der Waals surface area contributed by atoms with Gasteiger partial charge in [0.25, 0.3) is 5.91 Å². The first-order chi connectivity index (χ1) is 9.88. The fraction of sp³-hybridized carbons (Fsp3) is 0.235. The summed E-state index contributed by atoms with van der Waals surface area (Å²) in [6.45, 7) is 6.09. The van der Waals surface area contributed by atoms with Crippen molar-refractivity contribution < 1.29 is 4.79 Å². The third-order valence-electron chi connectivity index (χ3n) is 3.50. The van der Waals surface area contributed by atoms with Crippen molar-refractivity contribution in [2.24, 2.45) is 0 Å². The van der Waals surface area contributed by atoms with Crippen LogP contribution in [0, 0.1) is 13.8 Å². The standard InChI is InChI=1S/C17H19BrN2O/c1-10-4-6-14(11(2)8-10)12(3)20-17(21)15-7-5-13(18)9-16(15)19/h4-9,12H,19H2,1-3H3,(H,20,21). The number of nitrogen functional groups attached to an aromatic ring is 1. The van der Waals surface area contributed by atoms with Gasteiger partial charge in [-0.3, -0.25) is 4.79 Å². The van der Waals surface area contributed by atoms with Crippen LogP contribution in [0.4, 0.5) is 5.69 Å². The number of halogens is 1. The zero-order chi connectivity index (χ0) is 15.6. The second-order valence-corrected chi connectivity index (χ2v) is 6.20. The second-order valence-electron chi connectivity index (χ2n) is 5.29. The molecule has 2 rings (SSSR count). The summed E-state index contributed by atoms with van der Waals surface area (Å²) < 4.78 is 0.860. The molecule has 0 aliphatic carbocycles. The second kappa shape index (κ2) is 6.31. The molecule has 2 aromatic rings. The smallest absolute Gasteiger partial charge is 0.253 e. The van der Waals surface area contributed by atoms with Crippen molar-refractivity contribution in [1.29, 1.82) is 0 Å². The van der Waals surface area contributed by atoms with Gasteiger partial charge in [-0.25, -0.2) is 0 Å². The molecule has 1 atom stereocenters. The molecule has 0 aliphatic heterocycles. The molecule has 0 heterocycles. The van der Waals surface area contributed by atoms with E-state index in [0.29, 0.717) is 11.3 Å². The van der Waals surface area contributed by atoms with Crippen LogP contribution in [0.15, 0.2) is 40.9 Å². The summed E-state index contributed by atoms with van der Waals surface area (Å²) in [5.74, 6) is -0.160. The Balaban J connectivity index is 2.18. The highest BCUT2D eigenvalue weighted by Gasteiger charge is 2.15. The van der Waals surface area contributed by atoms with E-state index in [1.807, 2.05) is 13.0 Å². The van der Waals surface area contributed by atoms with Crippen molar-refractivity contribution in [1.82, 2.24) is 5.32 Å². The molecule has 0 spiro atoms. The van der Waals surface area contributed by atoms with Gasteiger partial charge in [-0.15, -0.1) is 0 Å². The number of carbonyl (C=O) groups is 1. The molecule has 3 nitrogen and oxygen atoms in total. The van der Waals surface area contributed by atoms with Gasteiger partial charge in [0.1, 0.15) is 0 Å². The van der Waals surface area contributed by atoms with E-state index in [1.54, 1.807) is 12.1 Å². The number of nitrogens with two attached hydrogens (primary N) is 1. The van der Waals surface area contributed by atoms with Crippen molar-refractivity contribution in [2.45, 2.75) is 26.8 Å². The molecule has 4 heteroatoms. The Morgan fingerprint density at radius 3 is 2.52 bits per heavy atom. The van der Waals surface area contributed by atoms with Gasteiger partial charge in [0.15, 0.2) is 0 Å². The molecule has 2 aromatic carbocycles. The van der Waals surface area contributed by atoms with Gasteiger partial charge >= 0.3 is 0 Å². The van der Waals surface area contributed by atoms with Gasteiger partial charge < -0.3 is 11.1 Å². The van der Waals surface area contributed by atoms with E-state index in [1.165, 1.54) is 11.1 Å². The maximum atomic E-state index is 12.3. The Morgan fingerprint density at radius 2 is 1.90 bits per heavy atom. The Kier molecular flexibility index (Phi) is 4.68. The Bertz CT molecular complexity index is 682. The minimum atomic E-state index is -0.160. The van der Waals surface area contributed by atoms with Crippen molar-refractivity contribution in [3.8, 4) is 0 Å². The average Bonchev–Trinajstić information content (AvgIpc) is 2.37. The topological polar surface area (TPSA) is 55.1 Å². The fourth-order valence-electron chi connectivity index (χ4n) is 2.40. The Hall–Kier alpha value is -1.81. The Morgan fingerprint density at radius 1 is 1.19 bits per heavy atom. The zero-order valence-corrected chi connectivity index (χ0v) is 14.0. The summed E-state index contributed by atoms with van der Waals surface area (Å²) in [5.41, 5.74) is 10.4. The Labute approximate surface area is 133 Å². The highest BCUT2D eigenvalue weighted by atomic mass is 79.9. The van der Waals surface area contributed by atoms with Crippen molar-refractivity contribution in [3.05, 3.63) is 63.1 Å². The van der Waals surface area contributed by atoms with E-state index >= 15 is 0 Å². The molecule has 110 valence electrons. The third-order valence-corrected chi connectivity index (χ3v) is 3.99. The van der Waals surface area contributed by atoms with E-state index in [9.17, 15) is 4.79 Å². The highest BCUT2D eigenvalue weighted by Crippen LogP contribution is 2.22. The average molecular weight is 347 g/mol. The molecule has 21 heavy (non-hydrogen) atoms. The van der Waals surface area contributed by atoms with E-state index in [2.05, 4.69) is 53.3 Å². The summed E-state index contributed by atoms with van der Waals surface area (Å²) in [7, 11) is 0. The molecule has 1 amide bonds. The molecule has 0 saturated heterocycles. The first kappa shape index (κ1) is 15.6. The summed E-state index contributed by atoms with van der Waals surface area (Å²) in [5, 5.41) is 3.00. The first-order valence-electron chi connectivity index (χ1n) is 6.81. The van der Waals surface area contributed by atoms with Gasteiger partial charge in [0.05, 0.1) is 11.6 Å². The quantitative estimate of drug-likeness (QED) is 0.820. The SMILES string of the molecule is Cc1ccc(C(C)NC(=O)c2ccc(Br)cc2N)c(C)c1. The van der Waals surface area contributed by atoms with Crippen molar-refractivity contribution >= 4 is 27.5 Å². The molecular weight excluding hydrogens is 328 g/mol. The van der Waals surface area contributed by atoms with Crippen LogP contribution in [0.1, 0.15) is 40.0 Å². The monoisotopic (exact) mass is 346 g/mol. The van der Waals surface area contributed by atoms with Gasteiger partial charge in [0.2, 0.25) is 0 Å². The lowest BCUT2D eigenvalue weighted by Gasteiger charge is -2.18. The van der Waals surface area contributed by atoms with E-state index < -0.39 is 0 Å². The van der Waals surface area contributed by atoms with Crippen LogP contribution in [-0.4, -0.2) is 5.91 Å². The van der Waals surface area contributed by atoms with Crippen LogP contribution in [0.2, 0.25) is 0 Å². The normalized spacial score (nSPS) is 12.0. The first-order valence-corrected chi connectivity index (χ1v) is 7.61. The summed E-state index contributed by atoms with van der Waals surface area (Å²) in [6.07, 6.45) is 0. The summed E-state index contributed by atoms with van der Waals surface area (Å²) in [4.78, 5) is 12.3. The molecular formula is C17H19BrN2O. The minimum absolute atomic E-state index is 0.0684. The molecule has 0 aromatic heterocycles. The van der Waals surface area contributed by atoms with Crippen molar-refractivity contribution in [2.75, 3.05) is 5.73 Å². The van der Waals surface area contributed by atoms with Crippen LogP contribution < -0.4 is 11.1 Å². The lowest BCUT2D eigenvalue weighted by Crippen LogP contribution is -2.27. The van der Waals surface area contributed by atoms with Crippen LogP contribution in [0.5, 0.6) is 0 Å². The molecule has 0 radical (unpaired) electrons. The number of aryl methyl sites for hydroxylation is 2. The van der Waals surface area contributed by atoms with Crippen LogP contribution >= 0.6 is 15.9 Å². The number of carbonyl (C=O) groups excluding carboxylic acids is 1. The number of benzene rings is 2. The molecule has 0 bridgehead atoms. The molecule has 0 aliphatic rings. The maximum absolute atomic E-state index is 12.3. The largest absolute Gasteiger partial charge is 0.398 e. The molecule has 1 unspecified atom stereocenters. The maximum Gasteiger partial charge on any atom is 0.253 e. The van der Waals surface area contributed by atoms with Crippen LogP contribution in [0.25, 0.3) is 0 Å². The van der Waals surface area contributed by atoms with Gasteiger partial charge in [-0.1, -0.05) is 39.7 Å². The highest BCUT2D eigenvalue weighted by molar-refractivity contribution is 9.10. The molecule has 0 fully saturated rings. The van der Waals surface area contributed by atoms with Gasteiger partial charge in [-0.05, 0) is 50.1 Å². The molecule has 0 saturated carbocycles. The lowest BCUT2D eigenvalue weighted by atomic mass is 10.00. The van der Waals surface area contributed by atoms with Crippen LogP contribution in [0.3, 0.4) is 0 Å². The van der Waals surface area contributed by atoms with E-state index in [-0.39, 0.29) is 11.9 Å². The van der Waals surface area contributed by atoms with Crippen LogP contribution in [-0.2, 0) is 0 Å². The number of rotatable bonds is 3.